The molecule has 0 aliphatic carbocycles. The topological polar surface area (TPSA) is 133 Å². The number of nitrogens with one attached hydrogen (secondary N) is 1. The largest absolute Gasteiger partial charge is 0.457 e. The molecule has 0 radical (unpaired) electrons. The predicted molar refractivity (Wildman–Crippen MR) is 159 cm³/mol. The Morgan fingerprint density at radius 2 is 1.79 bits per heavy atom. The summed E-state index contributed by atoms with van der Waals surface area (Å²) in [5.74, 6) is 1.06. The predicted octanol–water partition coefficient (Wildman–Crippen LogP) is 4.53. The van der Waals surface area contributed by atoms with E-state index in [0.717, 1.165) is 29.6 Å². The highest BCUT2D eigenvalue weighted by atomic mass is 16.5. The summed E-state index contributed by atoms with van der Waals surface area (Å²) in [6, 6.07) is 21.6. The van der Waals surface area contributed by atoms with Gasteiger partial charge in [0.15, 0.2) is 0 Å². The normalized spacial score (nSPS) is 13.7. The number of H-pyrrole nitrogens is 1. The summed E-state index contributed by atoms with van der Waals surface area (Å²) in [4.78, 5) is 33.8. The van der Waals surface area contributed by atoms with Crippen LogP contribution >= 0.6 is 0 Å². The molecule has 210 valence electrons. The first-order chi connectivity index (χ1) is 20.3. The van der Waals surface area contributed by atoms with Crippen LogP contribution in [0.15, 0.2) is 72.9 Å². The monoisotopic (exact) mass is 559 g/mol. The Balaban J connectivity index is 1.22. The standard InChI is InChI=1S/C32H29N7O3/c1-20-14-25(42-24-5-3-4-21(15-24)18-33)7-9-29(20)39-31(34)26(19-35-39)30(40)28-17-23-16-22(6-8-27(23)36-28)32(41)38-12-10-37(2)11-13-38/h3-9,14-17,19,36H,10-13,34H2,1-2H3. The Morgan fingerprint density at radius 3 is 2.55 bits per heavy atom. The van der Waals surface area contributed by atoms with E-state index in [2.05, 4.69) is 28.1 Å². The van der Waals surface area contributed by atoms with Gasteiger partial charge in [0.1, 0.15) is 17.3 Å². The zero-order valence-corrected chi connectivity index (χ0v) is 23.3. The summed E-state index contributed by atoms with van der Waals surface area (Å²) >= 11 is 0. The van der Waals surface area contributed by atoms with Crippen LogP contribution in [0, 0.1) is 18.3 Å². The van der Waals surface area contributed by atoms with Gasteiger partial charge in [-0.1, -0.05) is 6.07 Å². The van der Waals surface area contributed by atoms with Crippen molar-refractivity contribution in [3.8, 4) is 23.3 Å². The fraction of sp³-hybridized carbons (Fsp3) is 0.188. The number of nitrogens with zero attached hydrogens (tertiary/aromatic N) is 5. The molecule has 1 aliphatic heterocycles. The summed E-state index contributed by atoms with van der Waals surface area (Å²) in [5.41, 5.74) is 10.5. The van der Waals surface area contributed by atoms with Gasteiger partial charge in [-0.05, 0) is 80.2 Å². The molecule has 0 atom stereocenters. The Bertz CT molecular complexity index is 1870. The lowest BCUT2D eigenvalue weighted by atomic mass is 10.1. The van der Waals surface area contributed by atoms with Gasteiger partial charge in [0.05, 0.1) is 34.8 Å². The lowest BCUT2D eigenvalue weighted by molar-refractivity contribution is 0.0664. The van der Waals surface area contributed by atoms with Gasteiger partial charge in [-0.3, -0.25) is 9.59 Å². The number of ketones is 1. The number of amides is 1. The number of rotatable bonds is 6. The average Bonchev–Trinajstić information content (AvgIpc) is 3.60. The quantitative estimate of drug-likeness (QED) is 0.292. The van der Waals surface area contributed by atoms with Crippen LogP contribution in [0.1, 0.15) is 37.5 Å². The molecule has 10 heteroatoms. The Morgan fingerprint density at radius 1 is 1.00 bits per heavy atom. The number of piperazine rings is 1. The van der Waals surface area contributed by atoms with Gasteiger partial charge in [-0.2, -0.15) is 10.4 Å². The maximum absolute atomic E-state index is 13.5. The third kappa shape index (κ3) is 5.09. The molecule has 2 aromatic heterocycles. The first-order valence-electron chi connectivity index (χ1n) is 13.6. The van der Waals surface area contributed by atoms with E-state index in [1.165, 1.54) is 10.9 Å². The van der Waals surface area contributed by atoms with E-state index in [1.54, 1.807) is 42.5 Å². The van der Waals surface area contributed by atoms with Gasteiger partial charge in [0.2, 0.25) is 5.78 Å². The highest BCUT2D eigenvalue weighted by Crippen LogP contribution is 2.29. The molecule has 0 unspecified atom stereocenters. The SMILES string of the molecule is Cc1cc(Oc2cccc(C#N)c2)ccc1-n1ncc(C(=O)c2cc3cc(C(=O)N4CCN(C)CC4)ccc3[nH]2)c1N. The summed E-state index contributed by atoms with van der Waals surface area (Å²) < 4.78 is 7.44. The number of anilines is 1. The molecular formula is C32H29N7O3. The van der Waals surface area contributed by atoms with Crippen LogP contribution < -0.4 is 10.5 Å². The van der Waals surface area contributed by atoms with Crippen molar-refractivity contribution in [1.29, 1.82) is 5.26 Å². The van der Waals surface area contributed by atoms with E-state index in [9.17, 15) is 9.59 Å². The molecule has 3 N–H and O–H groups in total. The van der Waals surface area contributed by atoms with E-state index in [0.29, 0.717) is 47.1 Å². The molecule has 42 heavy (non-hydrogen) atoms. The number of nitriles is 1. The summed E-state index contributed by atoms with van der Waals surface area (Å²) in [6.07, 6.45) is 1.46. The van der Waals surface area contributed by atoms with Crippen molar-refractivity contribution in [1.82, 2.24) is 24.6 Å². The van der Waals surface area contributed by atoms with Gasteiger partial charge in [0.25, 0.3) is 5.91 Å². The number of ether oxygens (including phenoxy) is 1. The summed E-state index contributed by atoms with van der Waals surface area (Å²) in [6.45, 7) is 4.98. The first-order valence-corrected chi connectivity index (χ1v) is 13.6. The van der Waals surface area contributed by atoms with Crippen LogP contribution in [-0.2, 0) is 0 Å². The highest BCUT2D eigenvalue weighted by molar-refractivity contribution is 6.13. The van der Waals surface area contributed by atoms with E-state index >= 15 is 0 Å². The lowest BCUT2D eigenvalue weighted by Crippen LogP contribution is -2.47. The van der Waals surface area contributed by atoms with Crippen molar-refractivity contribution in [3.63, 3.8) is 0 Å². The number of nitrogens with two attached hydrogens (primary N) is 1. The molecule has 3 heterocycles. The number of carbonyl (C=O) groups excluding carboxylic acids is 2. The third-order valence-electron chi connectivity index (χ3n) is 7.55. The number of benzene rings is 3. The van der Waals surface area contributed by atoms with E-state index in [1.807, 2.05) is 36.1 Å². The number of fused-ring (bicyclic) bond motifs is 1. The number of aryl methyl sites for hydroxylation is 1. The molecule has 1 amide bonds. The van der Waals surface area contributed by atoms with Crippen LogP contribution in [-0.4, -0.2) is 69.5 Å². The minimum Gasteiger partial charge on any atom is -0.457 e. The van der Waals surface area contributed by atoms with Crippen LogP contribution in [0.5, 0.6) is 11.5 Å². The number of aromatic amines is 1. The summed E-state index contributed by atoms with van der Waals surface area (Å²) in [5, 5.41) is 14.3. The highest BCUT2D eigenvalue weighted by Gasteiger charge is 2.23. The van der Waals surface area contributed by atoms with Crippen molar-refractivity contribution < 1.29 is 14.3 Å². The van der Waals surface area contributed by atoms with Crippen molar-refractivity contribution in [2.24, 2.45) is 0 Å². The fourth-order valence-electron chi connectivity index (χ4n) is 5.14. The third-order valence-corrected chi connectivity index (χ3v) is 7.55. The first kappa shape index (κ1) is 26.8. The van der Waals surface area contributed by atoms with Crippen molar-refractivity contribution in [3.05, 3.63) is 101 Å². The Kier molecular flexibility index (Phi) is 6.94. The van der Waals surface area contributed by atoms with Crippen LogP contribution in [0.25, 0.3) is 16.6 Å². The zero-order chi connectivity index (χ0) is 29.4. The molecule has 5 aromatic rings. The second-order valence-corrected chi connectivity index (χ2v) is 10.5. The number of nitrogen functional groups attached to an aromatic ring is 1. The second kappa shape index (κ2) is 10.9. The van der Waals surface area contributed by atoms with Crippen LogP contribution in [0.3, 0.4) is 0 Å². The summed E-state index contributed by atoms with van der Waals surface area (Å²) in [7, 11) is 2.05. The minimum absolute atomic E-state index is 0.00734. The van der Waals surface area contributed by atoms with Crippen molar-refractivity contribution >= 4 is 28.4 Å². The Labute approximate surface area is 242 Å². The minimum atomic E-state index is -0.295. The van der Waals surface area contributed by atoms with Gasteiger partial charge in [-0.15, -0.1) is 0 Å². The second-order valence-electron chi connectivity index (χ2n) is 10.5. The Hall–Kier alpha value is -5.40. The van der Waals surface area contributed by atoms with Crippen LogP contribution in [0.2, 0.25) is 0 Å². The van der Waals surface area contributed by atoms with E-state index in [4.69, 9.17) is 15.7 Å². The molecule has 1 aliphatic rings. The number of carbonyl (C=O) groups is 2. The number of likely N-dealkylation sites (N-methyl/N-ethyl adjacent to an activating group) is 1. The molecule has 10 nitrogen and oxygen atoms in total. The van der Waals surface area contributed by atoms with Crippen molar-refractivity contribution in [2.75, 3.05) is 39.0 Å². The van der Waals surface area contributed by atoms with E-state index in [-0.39, 0.29) is 23.1 Å². The van der Waals surface area contributed by atoms with Gasteiger partial charge < -0.3 is 25.3 Å². The van der Waals surface area contributed by atoms with E-state index < -0.39 is 0 Å². The molecule has 6 rings (SSSR count). The molecule has 0 spiro atoms. The van der Waals surface area contributed by atoms with Gasteiger partial charge in [0, 0.05) is 42.6 Å². The maximum atomic E-state index is 13.5. The molecule has 1 fully saturated rings. The molecule has 0 bridgehead atoms. The van der Waals surface area contributed by atoms with Gasteiger partial charge >= 0.3 is 0 Å². The lowest BCUT2D eigenvalue weighted by Gasteiger charge is -2.32. The molecular weight excluding hydrogens is 530 g/mol. The number of hydrogen-bond donors (Lipinski definition) is 2. The van der Waals surface area contributed by atoms with Crippen molar-refractivity contribution in [2.45, 2.75) is 6.92 Å². The zero-order valence-electron chi connectivity index (χ0n) is 23.3. The number of aromatic nitrogens is 3. The number of hydrogen-bond acceptors (Lipinski definition) is 7. The smallest absolute Gasteiger partial charge is 0.253 e. The average molecular weight is 560 g/mol. The maximum Gasteiger partial charge on any atom is 0.253 e. The van der Waals surface area contributed by atoms with Crippen LogP contribution in [0.4, 0.5) is 5.82 Å². The molecule has 0 saturated carbocycles. The molecule has 1 saturated heterocycles. The molecule has 3 aromatic carbocycles. The van der Waals surface area contributed by atoms with Gasteiger partial charge in [-0.25, -0.2) is 4.68 Å². The fourth-order valence-corrected chi connectivity index (χ4v) is 5.14.